The summed E-state index contributed by atoms with van der Waals surface area (Å²) in [6.45, 7) is 3.72. The minimum Gasteiger partial charge on any atom is -0.466 e. The first-order chi connectivity index (χ1) is 16.8. The molecule has 0 fully saturated rings. The largest absolute Gasteiger partial charge is 0.466 e. The van der Waals surface area contributed by atoms with Crippen molar-refractivity contribution in [2.45, 2.75) is 30.4 Å². The van der Waals surface area contributed by atoms with Gasteiger partial charge in [0.2, 0.25) is 0 Å². The number of hydrogen-bond acceptors (Lipinski definition) is 6. The Kier molecular flexibility index (Phi) is 6.46. The molecular weight excluding hydrogens is 464 g/mol. The predicted molar refractivity (Wildman–Crippen MR) is 128 cm³/mol. The van der Waals surface area contributed by atoms with Crippen molar-refractivity contribution in [1.82, 2.24) is 9.38 Å². The fraction of sp³-hybridized carbons (Fsp3) is 0.192. The molecule has 3 heterocycles. The van der Waals surface area contributed by atoms with Gasteiger partial charge in [-0.1, -0.05) is 0 Å². The molecule has 0 saturated heterocycles. The quantitative estimate of drug-likeness (QED) is 0.393. The average molecular weight is 487 g/mol. The first kappa shape index (κ1) is 23.8. The van der Waals surface area contributed by atoms with Crippen molar-refractivity contribution in [3.63, 3.8) is 0 Å². The molecule has 0 amide bonds. The van der Waals surface area contributed by atoms with E-state index < -0.39 is 21.1 Å². The second-order valence-electron chi connectivity index (χ2n) is 7.94. The lowest BCUT2D eigenvalue weighted by Crippen LogP contribution is -2.18. The average Bonchev–Trinajstić information content (AvgIpc) is 3.47. The lowest BCUT2D eigenvalue weighted by molar-refractivity contribution is -0.142. The predicted octanol–water partition coefficient (Wildman–Crippen LogP) is 3.99. The number of fused-ring (bicyclic) bond motifs is 1. The van der Waals surface area contributed by atoms with E-state index in [0.29, 0.717) is 39.2 Å². The van der Waals surface area contributed by atoms with Gasteiger partial charge < -0.3 is 14.1 Å². The number of sulfone groups is 1. The summed E-state index contributed by atoms with van der Waals surface area (Å²) in [6, 6.07) is 16.6. The summed E-state index contributed by atoms with van der Waals surface area (Å²) < 4.78 is 34.9. The number of aromatic nitrogens is 2. The van der Waals surface area contributed by atoms with E-state index in [9.17, 15) is 18.5 Å². The van der Waals surface area contributed by atoms with Gasteiger partial charge in [0.15, 0.2) is 9.84 Å². The molecule has 0 radical (unpaired) electrons. The molecular formula is C26H22N4O4S. The Bertz CT molecular complexity index is 1590. The summed E-state index contributed by atoms with van der Waals surface area (Å²) in [6.07, 6.45) is 3.18. The number of ether oxygens (including phenoxy) is 1. The highest BCUT2D eigenvalue weighted by Gasteiger charge is 2.36. The van der Waals surface area contributed by atoms with Gasteiger partial charge in [0.05, 0.1) is 40.8 Å². The lowest BCUT2D eigenvalue weighted by Gasteiger charge is -2.19. The smallest absolute Gasteiger partial charge is 0.310 e. The number of rotatable bonds is 7. The van der Waals surface area contributed by atoms with E-state index in [1.807, 2.05) is 6.07 Å². The Labute approximate surface area is 202 Å². The second-order valence-corrected chi connectivity index (χ2v) is 9.97. The monoisotopic (exact) mass is 486 g/mol. The molecule has 0 aliphatic carbocycles. The van der Waals surface area contributed by atoms with Gasteiger partial charge in [-0.25, -0.2) is 8.42 Å². The summed E-state index contributed by atoms with van der Waals surface area (Å²) in [5.74, 6) is -0.426. The van der Waals surface area contributed by atoms with Gasteiger partial charge in [0, 0.05) is 23.6 Å². The molecule has 0 aliphatic rings. The number of nitriles is 2. The van der Waals surface area contributed by atoms with Crippen LogP contribution in [0.1, 0.15) is 45.8 Å². The molecule has 0 spiro atoms. The molecule has 35 heavy (non-hydrogen) atoms. The van der Waals surface area contributed by atoms with Crippen molar-refractivity contribution < 1.29 is 17.9 Å². The van der Waals surface area contributed by atoms with Gasteiger partial charge in [0.25, 0.3) is 0 Å². The maximum atomic E-state index is 14.0. The Hall–Kier alpha value is -4.34. The van der Waals surface area contributed by atoms with Crippen LogP contribution in [0.2, 0.25) is 0 Å². The number of hydrogen-bond donors (Lipinski definition) is 1. The SMILES string of the molecule is CCOC(=O)Cc1c(C)c(C(c2ccc[nH]2)S(=O)(=O)c2ccc(C#N)cc2)n2cc(C#N)ccc12. The minimum absolute atomic E-state index is 0.0383. The van der Waals surface area contributed by atoms with Crippen LogP contribution in [-0.2, 0) is 25.8 Å². The Balaban J connectivity index is 2.02. The van der Waals surface area contributed by atoms with Crippen LogP contribution in [0.3, 0.4) is 0 Å². The molecule has 1 N–H and O–H groups in total. The molecule has 1 aromatic carbocycles. The summed E-state index contributed by atoms with van der Waals surface area (Å²) in [7, 11) is -4.02. The normalized spacial score (nSPS) is 12.1. The molecule has 0 aliphatic heterocycles. The van der Waals surface area contributed by atoms with E-state index in [-0.39, 0.29) is 17.9 Å². The van der Waals surface area contributed by atoms with E-state index in [2.05, 4.69) is 11.1 Å². The Morgan fingerprint density at radius 1 is 1.09 bits per heavy atom. The number of carbonyl (C=O) groups is 1. The molecule has 1 unspecified atom stereocenters. The van der Waals surface area contributed by atoms with Crippen molar-refractivity contribution in [3.8, 4) is 12.1 Å². The van der Waals surface area contributed by atoms with Crippen molar-refractivity contribution >= 4 is 21.3 Å². The fourth-order valence-corrected chi connectivity index (χ4v) is 6.12. The number of nitrogens with one attached hydrogen (secondary N) is 1. The van der Waals surface area contributed by atoms with Gasteiger partial charge in [-0.05, 0) is 73.5 Å². The van der Waals surface area contributed by atoms with Crippen LogP contribution < -0.4 is 0 Å². The first-order valence-corrected chi connectivity index (χ1v) is 12.4. The van der Waals surface area contributed by atoms with Crippen molar-refractivity contribution in [2.75, 3.05) is 6.61 Å². The number of benzene rings is 1. The van der Waals surface area contributed by atoms with Crippen LogP contribution in [0.4, 0.5) is 0 Å². The van der Waals surface area contributed by atoms with Crippen molar-refractivity contribution in [2.24, 2.45) is 0 Å². The van der Waals surface area contributed by atoms with E-state index >= 15 is 0 Å². The molecule has 3 aromatic heterocycles. The van der Waals surface area contributed by atoms with Crippen LogP contribution in [0.25, 0.3) is 5.52 Å². The first-order valence-electron chi connectivity index (χ1n) is 10.9. The van der Waals surface area contributed by atoms with Crippen molar-refractivity contribution in [1.29, 1.82) is 10.5 Å². The number of H-pyrrole nitrogens is 1. The van der Waals surface area contributed by atoms with Gasteiger partial charge in [-0.2, -0.15) is 10.5 Å². The van der Waals surface area contributed by atoms with E-state index in [1.165, 1.54) is 24.3 Å². The maximum Gasteiger partial charge on any atom is 0.310 e. The molecule has 0 bridgehead atoms. The molecule has 8 nitrogen and oxygen atoms in total. The summed E-state index contributed by atoms with van der Waals surface area (Å²) in [4.78, 5) is 15.5. The summed E-state index contributed by atoms with van der Waals surface area (Å²) in [5, 5.41) is 17.5. The zero-order chi connectivity index (χ0) is 25.2. The second kappa shape index (κ2) is 9.49. The molecule has 176 valence electrons. The van der Waals surface area contributed by atoms with Crippen molar-refractivity contribution in [3.05, 3.63) is 94.6 Å². The zero-order valence-corrected chi connectivity index (χ0v) is 20.0. The van der Waals surface area contributed by atoms with Crippen LogP contribution >= 0.6 is 0 Å². The highest BCUT2D eigenvalue weighted by molar-refractivity contribution is 7.91. The molecule has 4 rings (SSSR count). The third-order valence-corrected chi connectivity index (χ3v) is 7.91. The highest BCUT2D eigenvalue weighted by atomic mass is 32.2. The number of nitrogens with zero attached hydrogens (tertiary/aromatic N) is 3. The van der Waals surface area contributed by atoms with E-state index in [0.717, 1.165) is 0 Å². The van der Waals surface area contributed by atoms with Gasteiger partial charge in [-0.3, -0.25) is 4.79 Å². The van der Waals surface area contributed by atoms with Gasteiger partial charge >= 0.3 is 5.97 Å². The highest BCUT2D eigenvalue weighted by Crippen LogP contribution is 2.39. The number of carbonyl (C=O) groups excluding carboxylic acids is 1. The Morgan fingerprint density at radius 2 is 1.77 bits per heavy atom. The number of aromatic amines is 1. The standard InChI is InChI=1S/C26H22N4O4S/c1-3-34-24(31)13-21-17(2)25(30-16-19(15-28)8-11-23(21)30)26(22-5-4-12-29-22)35(32,33)20-9-6-18(14-27)7-10-20/h4-12,16,26,29H,3,13H2,1-2H3. The maximum absolute atomic E-state index is 14.0. The van der Waals surface area contributed by atoms with Crippen LogP contribution in [0.5, 0.6) is 0 Å². The van der Waals surface area contributed by atoms with Crippen LogP contribution in [0.15, 0.2) is 65.8 Å². The minimum atomic E-state index is -4.02. The van der Waals surface area contributed by atoms with Gasteiger partial charge in [-0.15, -0.1) is 0 Å². The number of esters is 1. The third-order valence-electron chi connectivity index (χ3n) is 5.88. The zero-order valence-electron chi connectivity index (χ0n) is 19.1. The molecule has 1 atom stereocenters. The summed E-state index contributed by atoms with van der Waals surface area (Å²) in [5.41, 5.74) is 3.42. The molecule has 9 heteroatoms. The number of pyridine rings is 1. The topological polar surface area (TPSA) is 128 Å². The lowest BCUT2D eigenvalue weighted by atomic mass is 10.1. The van der Waals surface area contributed by atoms with Crippen LogP contribution in [-0.4, -0.2) is 30.4 Å². The van der Waals surface area contributed by atoms with E-state index in [4.69, 9.17) is 10.00 Å². The summed E-state index contributed by atoms with van der Waals surface area (Å²) >= 11 is 0. The van der Waals surface area contributed by atoms with E-state index in [1.54, 1.807) is 54.9 Å². The Morgan fingerprint density at radius 3 is 2.37 bits per heavy atom. The molecule has 4 aromatic rings. The fourth-order valence-electron chi connectivity index (χ4n) is 4.27. The molecule has 0 saturated carbocycles. The third kappa shape index (κ3) is 4.30. The van der Waals surface area contributed by atoms with Gasteiger partial charge in [0.1, 0.15) is 11.3 Å². The van der Waals surface area contributed by atoms with Crippen LogP contribution in [0, 0.1) is 29.6 Å².